The van der Waals surface area contributed by atoms with Crippen LogP contribution in [0.3, 0.4) is 0 Å². The van der Waals surface area contributed by atoms with Crippen molar-refractivity contribution in [3.8, 4) is 5.75 Å². The smallest absolute Gasteiger partial charge is 0.317 e. The summed E-state index contributed by atoms with van der Waals surface area (Å²) >= 11 is 0. The summed E-state index contributed by atoms with van der Waals surface area (Å²) in [5.74, 6) is -0.0130. The molecule has 1 fully saturated rings. The number of amides is 2. The lowest BCUT2D eigenvalue weighted by molar-refractivity contribution is -0.146. The molecule has 24 heavy (non-hydrogen) atoms. The van der Waals surface area contributed by atoms with E-state index in [2.05, 4.69) is 5.32 Å². The minimum absolute atomic E-state index is 0.0243. The van der Waals surface area contributed by atoms with Crippen LogP contribution >= 0.6 is 0 Å². The molecule has 1 aromatic carbocycles. The number of carboxylic acids is 1. The second-order valence-electron chi connectivity index (χ2n) is 6.77. The maximum atomic E-state index is 12.3. The molecule has 1 aliphatic heterocycles. The molecule has 0 spiro atoms. The van der Waals surface area contributed by atoms with Gasteiger partial charge in [-0.05, 0) is 50.8 Å². The van der Waals surface area contributed by atoms with E-state index < -0.39 is 11.4 Å². The molecule has 6 heteroatoms. The molecule has 132 valence electrons. The fourth-order valence-corrected chi connectivity index (χ4v) is 2.86. The van der Waals surface area contributed by atoms with Gasteiger partial charge in [-0.25, -0.2) is 4.79 Å². The first-order chi connectivity index (χ1) is 11.3. The number of nitrogens with zero attached hydrogens (tertiary/aromatic N) is 1. The number of rotatable bonds is 6. The predicted molar refractivity (Wildman–Crippen MR) is 91.2 cm³/mol. The number of methoxy groups -OCH3 is 1. The fourth-order valence-electron chi connectivity index (χ4n) is 2.86. The molecule has 0 aliphatic carbocycles. The third-order valence-electron chi connectivity index (χ3n) is 4.67. The molecule has 2 amide bonds. The first-order valence-electron chi connectivity index (χ1n) is 8.26. The van der Waals surface area contributed by atoms with E-state index in [4.69, 9.17) is 4.74 Å². The molecule has 1 saturated heterocycles. The molecule has 2 rings (SSSR count). The van der Waals surface area contributed by atoms with E-state index in [1.54, 1.807) is 18.9 Å². The van der Waals surface area contributed by atoms with E-state index in [1.807, 2.05) is 31.2 Å². The van der Waals surface area contributed by atoms with Gasteiger partial charge in [0.05, 0.1) is 12.5 Å². The molecule has 0 radical (unpaired) electrons. The van der Waals surface area contributed by atoms with Crippen molar-refractivity contribution in [2.24, 2.45) is 5.41 Å². The molecule has 2 unspecified atom stereocenters. The highest BCUT2D eigenvalue weighted by Gasteiger charge is 2.42. The number of carboxylic acid groups (broad SMARTS) is 1. The van der Waals surface area contributed by atoms with E-state index in [0.29, 0.717) is 13.0 Å². The zero-order valence-electron chi connectivity index (χ0n) is 14.5. The molecule has 2 atom stereocenters. The summed E-state index contributed by atoms with van der Waals surface area (Å²) in [5.41, 5.74) is 0.362. The highest BCUT2D eigenvalue weighted by atomic mass is 16.5. The van der Waals surface area contributed by atoms with Crippen molar-refractivity contribution >= 4 is 12.0 Å². The van der Waals surface area contributed by atoms with Crippen molar-refractivity contribution in [3.05, 3.63) is 29.8 Å². The zero-order chi connectivity index (χ0) is 17.7. The second-order valence-corrected chi connectivity index (χ2v) is 6.77. The van der Waals surface area contributed by atoms with Gasteiger partial charge in [-0.2, -0.15) is 0 Å². The van der Waals surface area contributed by atoms with Crippen LogP contribution in [-0.2, 0) is 11.2 Å². The van der Waals surface area contributed by atoms with Crippen LogP contribution in [-0.4, -0.2) is 48.2 Å². The molecule has 2 N–H and O–H groups in total. The second kappa shape index (κ2) is 7.55. The topological polar surface area (TPSA) is 78.9 Å². The van der Waals surface area contributed by atoms with Gasteiger partial charge in [0.25, 0.3) is 0 Å². The number of nitrogens with one attached hydrogen (secondary N) is 1. The molecule has 6 nitrogen and oxygen atoms in total. The maximum Gasteiger partial charge on any atom is 0.317 e. The van der Waals surface area contributed by atoms with E-state index in [9.17, 15) is 14.7 Å². The maximum absolute atomic E-state index is 12.3. The van der Waals surface area contributed by atoms with Gasteiger partial charge in [0.15, 0.2) is 0 Å². The predicted octanol–water partition coefficient (Wildman–Crippen LogP) is 2.52. The van der Waals surface area contributed by atoms with Crippen molar-refractivity contribution in [3.63, 3.8) is 0 Å². The van der Waals surface area contributed by atoms with Crippen molar-refractivity contribution in [1.29, 1.82) is 0 Å². The molecule has 1 heterocycles. The SMILES string of the molecule is COc1ccc(CCC(C)NC(=O)N2CCC(C)(C(=O)O)C2)cc1. The number of aryl methyl sites for hydroxylation is 1. The molecule has 1 aliphatic rings. The Kier molecular flexibility index (Phi) is 5.70. The van der Waals surface area contributed by atoms with E-state index in [0.717, 1.165) is 18.6 Å². The Labute approximate surface area is 142 Å². The van der Waals surface area contributed by atoms with Crippen molar-refractivity contribution in [2.75, 3.05) is 20.2 Å². The van der Waals surface area contributed by atoms with Gasteiger partial charge in [0, 0.05) is 19.1 Å². The van der Waals surface area contributed by atoms with Crippen LogP contribution in [0.25, 0.3) is 0 Å². The van der Waals surface area contributed by atoms with Crippen LogP contribution in [0, 0.1) is 5.41 Å². The normalized spacial score (nSPS) is 21.4. The Hall–Kier alpha value is -2.24. The summed E-state index contributed by atoms with van der Waals surface area (Å²) < 4.78 is 5.13. The average molecular weight is 334 g/mol. The number of hydrogen-bond donors (Lipinski definition) is 2. The Bertz CT molecular complexity index is 587. The minimum Gasteiger partial charge on any atom is -0.497 e. The molecular formula is C18H26N2O4. The number of carbonyl (C=O) groups excluding carboxylic acids is 1. The van der Waals surface area contributed by atoms with Gasteiger partial charge < -0.3 is 20.1 Å². The Balaban J connectivity index is 1.78. The van der Waals surface area contributed by atoms with Crippen LogP contribution < -0.4 is 10.1 Å². The Morgan fingerprint density at radius 3 is 2.58 bits per heavy atom. The molecule has 0 bridgehead atoms. The molecule has 0 saturated carbocycles. The highest BCUT2D eigenvalue weighted by Crippen LogP contribution is 2.30. The molecular weight excluding hydrogens is 308 g/mol. The first kappa shape index (κ1) is 18.1. The van der Waals surface area contributed by atoms with E-state index in [1.165, 1.54) is 5.56 Å². The third-order valence-corrected chi connectivity index (χ3v) is 4.67. The van der Waals surface area contributed by atoms with Gasteiger partial charge in [-0.1, -0.05) is 12.1 Å². The number of urea groups is 1. The summed E-state index contributed by atoms with van der Waals surface area (Å²) in [5, 5.41) is 12.2. The Morgan fingerprint density at radius 2 is 2.04 bits per heavy atom. The molecule has 0 aromatic heterocycles. The van der Waals surface area contributed by atoms with E-state index >= 15 is 0 Å². The van der Waals surface area contributed by atoms with Gasteiger partial charge in [-0.3, -0.25) is 4.79 Å². The first-order valence-corrected chi connectivity index (χ1v) is 8.26. The van der Waals surface area contributed by atoms with Crippen molar-refractivity contribution < 1.29 is 19.4 Å². The number of aliphatic carboxylic acids is 1. The summed E-state index contributed by atoms with van der Waals surface area (Å²) in [6.45, 7) is 4.41. The van der Waals surface area contributed by atoms with Gasteiger partial charge in [0.1, 0.15) is 5.75 Å². The number of benzene rings is 1. The third kappa shape index (κ3) is 4.40. The quantitative estimate of drug-likeness (QED) is 0.838. The average Bonchev–Trinajstić information content (AvgIpc) is 2.97. The largest absolute Gasteiger partial charge is 0.497 e. The number of hydrogen-bond acceptors (Lipinski definition) is 3. The summed E-state index contributed by atoms with van der Waals surface area (Å²) in [4.78, 5) is 25.1. The monoisotopic (exact) mass is 334 g/mol. The summed E-state index contributed by atoms with van der Waals surface area (Å²) in [6, 6.07) is 7.74. The standard InChI is InChI=1S/C18H26N2O4/c1-13(4-5-14-6-8-15(24-3)9-7-14)19-17(23)20-11-10-18(2,12-20)16(21)22/h6-9,13H,4-5,10-12H2,1-3H3,(H,19,23)(H,21,22). The number of carbonyl (C=O) groups is 2. The van der Waals surface area contributed by atoms with Crippen LogP contribution in [0.2, 0.25) is 0 Å². The highest BCUT2D eigenvalue weighted by molar-refractivity contribution is 5.79. The van der Waals surface area contributed by atoms with Crippen molar-refractivity contribution in [2.45, 2.75) is 39.2 Å². The summed E-state index contributed by atoms with van der Waals surface area (Å²) in [6.07, 6.45) is 2.18. The lowest BCUT2D eigenvalue weighted by Gasteiger charge is -2.23. The van der Waals surface area contributed by atoms with Crippen LogP contribution in [0.1, 0.15) is 32.3 Å². The fraction of sp³-hybridized carbons (Fsp3) is 0.556. The van der Waals surface area contributed by atoms with Gasteiger partial charge >= 0.3 is 12.0 Å². The van der Waals surface area contributed by atoms with E-state index in [-0.39, 0.29) is 18.6 Å². The minimum atomic E-state index is -0.842. The lowest BCUT2D eigenvalue weighted by atomic mass is 9.90. The zero-order valence-corrected chi connectivity index (χ0v) is 14.5. The van der Waals surface area contributed by atoms with Crippen molar-refractivity contribution in [1.82, 2.24) is 10.2 Å². The van der Waals surface area contributed by atoms with Gasteiger partial charge in [-0.15, -0.1) is 0 Å². The van der Waals surface area contributed by atoms with Crippen LogP contribution in [0.4, 0.5) is 4.79 Å². The summed E-state index contributed by atoms with van der Waals surface area (Å²) in [7, 11) is 1.64. The van der Waals surface area contributed by atoms with Crippen LogP contribution in [0.15, 0.2) is 24.3 Å². The number of likely N-dealkylation sites (tertiary alicyclic amines) is 1. The molecule has 1 aromatic rings. The lowest BCUT2D eigenvalue weighted by Crippen LogP contribution is -2.44. The Morgan fingerprint density at radius 1 is 1.38 bits per heavy atom. The van der Waals surface area contributed by atoms with Crippen LogP contribution in [0.5, 0.6) is 5.75 Å². The number of ether oxygens (including phenoxy) is 1. The van der Waals surface area contributed by atoms with Gasteiger partial charge in [0.2, 0.25) is 0 Å².